The van der Waals surface area contributed by atoms with Crippen molar-refractivity contribution >= 4 is 22.4 Å². The minimum absolute atomic E-state index is 0.116. The van der Waals surface area contributed by atoms with Gasteiger partial charge in [0.25, 0.3) is 0 Å². The van der Waals surface area contributed by atoms with Gasteiger partial charge in [-0.3, -0.25) is 4.79 Å². The van der Waals surface area contributed by atoms with Gasteiger partial charge >= 0.3 is 0 Å². The maximum absolute atomic E-state index is 13.1. The highest BCUT2D eigenvalue weighted by atomic mass is 16.5. The summed E-state index contributed by atoms with van der Waals surface area (Å²) in [5, 5.41) is 4.42. The molecule has 154 valence electrons. The number of hydrogen-bond donors (Lipinski definition) is 1. The fourth-order valence-corrected chi connectivity index (χ4v) is 3.50. The van der Waals surface area contributed by atoms with Crippen LogP contribution >= 0.6 is 0 Å². The highest BCUT2D eigenvalue weighted by molar-refractivity contribution is 6.14. The van der Waals surface area contributed by atoms with E-state index in [4.69, 9.17) is 9.15 Å². The van der Waals surface area contributed by atoms with E-state index in [2.05, 4.69) is 12.2 Å². The summed E-state index contributed by atoms with van der Waals surface area (Å²) in [6.07, 6.45) is 7.41. The Hall–Kier alpha value is -2.75. The predicted molar refractivity (Wildman–Crippen MR) is 119 cm³/mol. The molecule has 0 spiro atoms. The van der Waals surface area contributed by atoms with E-state index in [1.54, 1.807) is 12.1 Å². The van der Waals surface area contributed by atoms with Crippen LogP contribution in [0.4, 0.5) is 5.69 Å². The molecular formula is C25H31NO3. The van der Waals surface area contributed by atoms with Crippen LogP contribution in [0.1, 0.15) is 68.5 Å². The Labute approximate surface area is 173 Å². The number of ketones is 1. The number of benzene rings is 2. The van der Waals surface area contributed by atoms with Crippen molar-refractivity contribution in [1.82, 2.24) is 0 Å². The lowest BCUT2D eigenvalue weighted by Crippen LogP contribution is -2.07. The lowest BCUT2D eigenvalue weighted by atomic mass is 10.1. The second-order valence-electron chi connectivity index (χ2n) is 7.28. The van der Waals surface area contributed by atoms with Gasteiger partial charge in [-0.25, -0.2) is 0 Å². The molecule has 4 nitrogen and oxygen atoms in total. The first-order valence-electron chi connectivity index (χ1n) is 10.8. The summed E-state index contributed by atoms with van der Waals surface area (Å²) >= 11 is 0. The van der Waals surface area contributed by atoms with E-state index < -0.39 is 0 Å². The van der Waals surface area contributed by atoms with Gasteiger partial charge in [-0.1, -0.05) is 51.2 Å². The van der Waals surface area contributed by atoms with E-state index in [0.717, 1.165) is 35.4 Å². The Balaban J connectivity index is 1.74. The zero-order chi connectivity index (χ0) is 20.5. The first kappa shape index (κ1) is 21.0. The molecule has 3 rings (SSSR count). The monoisotopic (exact) mass is 393 g/mol. The van der Waals surface area contributed by atoms with Crippen LogP contribution in [0.2, 0.25) is 0 Å². The third-order valence-electron chi connectivity index (χ3n) is 5.06. The van der Waals surface area contributed by atoms with Gasteiger partial charge in [0, 0.05) is 17.5 Å². The quantitative estimate of drug-likeness (QED) is 0.270. The van der Waals surface area contributed by atoms with Gasteiger partial charge in [0.1, 0.15) is 11.3 Å². The molecule has 0 saturated carbocycles. The zero-order valence-electron chi connectivity index (χ0n) is 17.5. The zero-order valence-corrected chi connectivity index (χ0v) is 17.5. The van der Waals surface area contributed by atoms with Gasteiger partial charge in [0.05, 0.1) is 12.3 Å². The fraction of sp³-hybridized carbons (Fsp3) is 0.400. The van der Waals surface area contributed by atoms with Crippen molar-refractivity contribution in [2.75, 3.05) is 18.5 Å². The van der Waals surface area contributed by atoms with E-state index in [-0.39, 0.29) is 5.78 Å². The van der Waals surface area contributed by atoms with Crippen LogP contribution in [0.15, 0.2) is 52.9 Å². The molecule has 3 aromatic rings. The lowest BCUT2D eigenvalue weighted by molar-refractivity contribution is 0.101. The number of fused-ring (bicyclic) bond motifs is 1. The number of nitrogens with one attached hydrogen (secondary N) is 1. The van der Waals surface area contributed by atoms with Crippen LogP contribution in [0.25, 0.3) is 11.0 Å². The molecule has 1 N–H and O–H groups in total. The van der Waals surface area contributed by atoms with Crippen LogP contribution in [0, 0.1) is 0 Å². The second-order valence-corrected chi connectivity index (χ2v) is 7.28. The molecule has 0 aliphatic heterocycles. The summed E-state index contributed by atoms with van der Waals surface area (Å²) in [6, 6.07) is 15.0. The molecule has 2 aromatic carbocycles. The number of rotatable bonds is 12. The molecule has 0 unspecified atom stereocenters. The number of para-hydroxylation sites is 1. The van der Waals surface area contributed by atoms with Gasteiger partial charge < -0.3 is 14.5 Å². The normalized spacial score (nSPS) is 11.0. The SMILES string of the molecule is CCCCCCCCNc1c(C(=O)c2ccc(OCC)cc2)oc2ccccc12. The average Bonchev–Trinajstić information content (AvgIpc) is 3.12. The third kappa shape index (κ3) is 5.41. The third-order valence-corrected chi connectivity index (χ3v) is 5.06. The average molecular weight is 394 g/mol. The fourth-order valence-electron chi connectivity index (χ4n) is 3.50. The number of anilines is 1. The smallest absolute Gasteiger partial charge is 0.230 e. The Morgan fingerprint density at radius 1 is 0.931 bits per heavy atom. The van der Waals surface area contributed by atoms with E-state index in [0.29, 0.717) is 17.9 Å². The Morgan fingerprint density at radius 2 is 1.66 bits per heavy atom. The molecule has 0 aliphatic rings. The molecule has 0 aliphatic carbocycles. The second kappa shape index (κ2) is 10.7. The van der Waals surface area contributed by atoms with Crippen molar-refractivity contribution in [2.45, 2.75) is 52.4 Å². The molecule has 4 heteroatoms. The largest absolute Gasteiger partial charge is 0.494 e. The van der Waals surface area contributed by atoms with Crippen LogP contribution in [0.5, 0.6) is 5.75 Å². The minimum Gasteiger partial charge on any atom is -0.494 e. The predicted octanol–water partition coefficient (Wildman–Crippen LogP) is 6.83. The highest BCUT2D eigenvalue weighted by Gasteiger charge is 2.21. The summed E-state index contributed by atoms with van der Waals surface area (Å²) in [4.78, 5) is 13.1. The summed E-state index contributed by atoms with van der Waals surface area (Å²) in [7, 11) is 0. The number of hydrogen-bond acceptors (Lipinski definition) is 4. The van der Waals surface area contributed by atoms with Gasteiger partial charge in [-0.15, -0.1) is 0 Å². The summed E-state index contributed by atoms with van der Waals surface area (Å²) < 4.78 is 11.4. The molecule has 0 bridgehead atoms. The Morgan fingerprint density at radius 3 is 2.41 bits per heavy atom. The first-order chi connectivity index (χ1) is 14.2. The number of unbranched alkanes of at least 4 members (excludes halogenated alkanes) is 5. The number of carbonyl (C=O) groups excluding carboxylic acids is 1. The number of furan rings is 1. The topological polar surface area (TPSA) is 51.5 Å². The summed E-state index contributed by atoms with van der Waals surface area (Å²) in [5.41, 5.74) is 2.12. The van der Waals surface area contributed by atoms with E-state index in [9.17, 15) is 4.79 Å². The molecule has 0 amide bonds. The highest BCUT2D eigenvalue weighted by Crippen LogP contribution is 2.32. The van der Waals surface area contributed by atoms with Crippen LogP contribution in [-0.2, 0) is 0 Å². The van der Waals surface area contributed by atoms with Crippen molar-refractivity contribution in [1.29, 1.82) is 0 Å². The van der Waals surface area contributed by atoms with Crippen molar-refractivity contribution in [3.63, 3.8) is 0 Å². The molecule has 1 aromatic heterocycles. The first-order valence-corrected chi connectivity index (χ1v) is 10.8. The van der Waals surface area contributed by atoms with Crippen LogP contribution < -0.4 is 10.1 Å². The van der Waals surface area contributed by atoms with Gasteiger partial charge in [0.2, 0.25) is 5.78 Å². The number of carbonyl (C=O) groups is 1. The molecule has 0 saturated heterocycles. The van der Waals surface area contributed by atoms with Gasteiger partial charge in [-0.05, 0) is 49.7 Å². The Kier molecular flexibility index (Phi) is 7.74. The van der Waals surface area contributed by atoms with Crippen molar-refractivity contribution in [3.05, 3.63) is 59.9 Å². The van der Waals surface area contributed by atoms with E-state index >= 15 is 0 Å². The van der Waals surface area contributed by atoms with Crippen molar-refractivity contribution in [3.8, 4) is 5.75 Å². The molecule has 0 atom stereocenters. The Bertz CT molecular complexity index is 911. The molecular weight excluding hydrogens is 362 g/mol. The van der Waals surface area contributed by atoms with Crippen molar-refractivity contribution < 1.29 is 13.9 Å². The lowest BCUT2D eigenvalue weighted by Gasteiger charge is -2.08. The van der Waals surface area contributed by atoms with Gasteiger partial charge in [-0.2, -0.15) is 0 Å². The maximum atomic E-state index is 13.1. The molecule has 0 radical (unpaired) electrons. The maximum Gasteiger partial charge on any atom is 0.230 e. The molecule has 0 fully saturated rings. The minimum atomic E-state index is -0.116. The molecule has 1 heterocycles. The van der Waals surface area contributed by atoms with Gasteiger partial charge in [0.15, 0.2) is 5.76 Å². The van der Waals surface area contributed by atoms with Crippen LogP contribution in [0.3, 0.4) is 0 Å². The van der Waals surface area contributed by atoms with E-state index in [1.807, 2.05) is 43.3 Å². The number of ether oxygens (including phenoxy) is 1. The summed E-state index contributed by atoms with van der Waals surface area (Å²) in [6.45, 7) is 5.60. The van der Waals surface area contributed by atoms with Crippen molar-refractivity contribution in [2.24, 2.45) is 0 Å². The standard InChI is InChI=1S/C25H31NO3/c1-3-5-6-7-8-11-18-26-23-21-12-9-10-13-22(21)29-25(23)24(27)19-14-16-20(17-15-19)28-4-2/h9-10,12-17,26H,3-8,11,18H2,1-2H3. The van der Waals surface area contributed by atoms with Crippen LogP contribution in [-0.4, -0.2) is 18.9 Å². The molecule has 29 heavy (non-hydrogen) atoms. The van der Waals surface area contributed by atoms with E-state index in [1.165, 1.54) is 32.1 Å². The summed E-state index contributed by atoms with van der Waals surface area (Å²) in [5.74, 6) is 1.02.